The zero-order valence-electron chi connectivity index (χ0n) is 16.1. The molecule has 0 aliphatic carbocycles. The van der Waals surface area contributed by atoms with E-state index in [0.29, 0.717) is 25.0 Å². The molecule has 1 atom stereocenters. The zero-order valence-corrected chi connectivity index (χ0v) is 16.1. The van der Waals surface area contributed by atoms with Gasteiger partial charge in [-0.05, 0) is 30.5 Å². The largest absolute Gasteiger partial charge is 0.419 e. The first-order chi connectivity index (χ1) is 14.5. The fraction of sp³-hybridized carbons (Fsp3) is 0.526. The van der Waals surface area contributed by atoms with Crippen LogP contribution in [0.1, 0.15) is 42.3 Å². The van der Waals surface area contributed by atoms with Gasteiger partial charge in [-0.1, -0.05) is 6.07 Å². The highest BCUT2D eigenvalue weighted by Crippen LogP contribution is 2.32. The zero-order chi connectivity index (χ0) is 22.6. The summed E-state index contributed by atoms with van der Waals surface area (Å²) in [5, 5.41) is 4.14. The molecule has 12 heteroatoms. The van der Waals surface area contributed by atoms with E-state index in [1.807, 2.05) is 0 Å². The van der Waals surface area contributed by atoms with Crippen molar-refractivity contribution in [2.24, 2.45) is 0 Å². The normalized spacial score (nSPS) is 20.7. The van der Waals surface area contributed by atoms with Crippen molar-refractivity contribution < 1.29 is 31.1 Å². The van der Waals surface area contributed by atoms with Crippen LogP contribution in [0.3, 0.4) is 0 Å². The van der Waals surface area contributed by atoms with E-state index in [4.69, 9.17) is 0 Å². The summed E-state index contributed by atoms with van der Waals surface area (Å²) >= 11 is 0. The van der Waals surface area contributed by atoms with Gasteiger partial charge in [-0.3, -0.25) is 9.36 Å². The van der Waals surface area contributed by atoms with Gasteiger partial charge in [-0.2, -0.15) is 18.3 Å². The van der Waals surface area contributed by atoms with E-state index in [9.17, 15) is 35.9 Å². The number of aromatic nitrogens is 3. The van der Waals surface area contributed by atoms with Crippen LogP contribution >= 0.6 is 0 Å². The highest BCUT2D eigenvalue weighted by molar-refractivity contribution is 5.81. The molecule has 1 fully saturated rings. The van der Waals surface area contributed by atoms with E-state index in [1.165, 1.54) is 0 Å². The third-order valence-corrected chi connectivity index (χ3v) is 5.57. The molecule has 31 heavy (non-hydrogen) atoms. The van der Waals surface area contributed by atoms with Crippen molar-refractivity contribution in [3.05, 3.63) is 51.5 Å². The summed E-state index contributed by atoms with van der Waals surface area (Å²) in [6.45, 7) is -1.10. The van der Waals surface area contributed by atoms with E-state index in [2.05, 4.69) is 5.10 Å². The first kappa shape index (κ1) is 21.4. The van der Waals surface area contributed by atoms with Crippen molar-refractivity contribution in [1.82, 2.24) is 19.2 Å². The Morgan fingerprint density at radius 1 is 1.26 bits per heavy atom. The Morgan fingerprint density at radius 2 is 2.00 bits per heavy atom. The van der Waals surface area contributed by atoms with Gasteiger partial charge in [0.25, 0.3) is 5.92 Å². The molecule has 168 valence electrons. The topological polar surface area (TPSA) is 60.1 Å². The molecule has 6 nitrogen and oxygen atoms in total. The molecule has 2 aliphatic heterocycles. The molecule has 0 bridgehead atoms. The van der Waals surface area contributed by atoms with Gasteiger partial charge in [-0.25, -0.2) is 22.6 Å². The van der Waals surface area contributed by atoms with Crippen LogP contribution in [0.15, 0.2) is 23.0 Å². The number of carbonyl (C=O) groups excluding carboxylic acids is 1. The van der Waals surface area contributed by atoms with Crippen molar-refractivity contribution in [1.29, 1.82) is 0 Å². The van der Waals surface area contributed by atoms with Gasteiger partial charge in [-0.15, -0.1) is 0 Å². The molecule has 1 aromatic carbocycles. The average Bonchev–Trinajstić information content (AvgIpc) is 3.19. The lowest BCUT2D eigenvalue weighted by atomic mass is 10.0. The van der Waals surface area contributed by atoms with Crippen LogP contribution in [-0.4, -0.2) is 44.2 Å². The summed E-state index contributed by atoms with van der Waals surface area (Å²) in [7, 11) is 0. The number of hydrogen-bond donors (Lipinski definition) is 0. The third-order valence-electron chi connectivity index (χ3n) is 5.57. The molecule has 1 aromatic heterocycles. The second-order valence-corrected chi connectivity index (χ2v) is 7.81. The number of aryl methyl sites for hydroxylation is 1. The Hall–Kier alpha value is -2.79. The molecule has 0 spiro atoms. The van der Waals surface area contributed by atoms with E-state index in [-0.39, 0.29) is 30.9 Å². The van der Waals surface area contributed by atoms with Gasteiger partial charge in [0.2, 0.25) is 5.91 Å². The van der Waals surface area contributed by atoms with E-state index < -0.39 is 54.1 Å². The van der Waals surface area contributed by atoms with Gasteiger partial charge < -0.3 is 4.90 Å². The summed E-state index contributed by atoms with van der Waals surface area (Å²) in [4.78, 5) is 26.7. The van der Waals surface area contributed by atoms with Crippen molar-refractivity contribution >= 4 is 5.91 Å². The third kappa shape index (κ3) is 4.07. The Bertz CT molecular complexity index is 1070. The standard InChI is InChI=1S/C19H18F6N4O2/c20-13-8-11(4-5-12(13)19(23,24)25)9-28-17(31)29-14(2-1-3-15(29)26-28)16(30)27-7-6-18(21,22)10-27/h4-5,8,14H,1-3,6-7,9-10H2. The molecule has 2 aromatic rings. The predicted molar refractivity (Wildman–Crippen MR) is 95.1 cm³/mol. The van der Waals surface area contributed by atoms with Gasteiger partial charge in [0.1, 0.15) is 17.7 Å². The maximum absolute atomic E-state index is 13.8. The molecule has 3 heterocycles. The van der Waals surface area contributed by atoms with Gasteiger partial charge in [0, 0.05) is 19.4 Å². The van der Waals surface area contributed by atoms with Gasteiger partial charge in [0.15, 0.2) is 0 Å². The molecule has 4 rings (SSSR count). The minimum Gasteiger partial charge on any atom is -0.335 e. The summed E-state index contributed by atoms with van der Waals surface area (Å²) in [5.74, 6) is -4.73. The summed E-state index contributed by atoms with van der Waals surface area (Å²) in [6, 6.07) is 1.35. The lowest BCUT2D eigenvalue weighted by Gasteiger charge is -2.27. The summed E-state index contributed by atoms with van der Waals surface area (Å²) in [6.07, 6.45) is -4.09. The Morgan fingerprint density at radius 3 is 2.61 bits per heavy atom. The van der Waals surface area contributed by atoms with Gasteiger partial charge >= 0.3 is 11.9 Å². The molecule has 0 saturated carbocycles. The molecule has 0 radical (unpaired) electrons. The van der Waals surface area contributed by atoms with Crippen LogP contribution in [0, 0.1) is 5.82 Å². The second-order valence-electron chi connectivity index (χ2n) is 7.81. The van der Waals surface area contributed by atoms with Crippen LogP contribution in [0.25, 0.3) is 0 Å². The number of nitrogens with zero attached hydrogens (tertiary/aromatic N) is 4. The monoisotopic (exact) mass is 448 g/mol. The summed E-state index contributed by atoms with van der Waals surface area (Å²) in [5.41, 5.74) is -2.02. The Labute approximate surface area is 172 Å². The number of hydrogen-bond acceptors (Lipinski definition) is 3. The lowest BCUT2D eigenvalue weighted by molar-refractivity contribution is -0.140. The number of benzene rings is 1. The lowest BCUT2D eigenvalue weighted by Crippen LogP contribution is -2.42. The van der Waals surface area contributed by atoms with Crippen molar-refractivity contribution in [3.63, 3.8) is 0 Å². The molecule has 1 amide bonds. The maximum Gasteiger partial charge on any atom is 0.419 e. The minimum absolute atomic E-state index is 0.0881. The number of alkyl halides is 5. The summed E-state index contributed by atoms with van der Waals surface area (Å²) < 4.78 is 81.1. The molecule has 1 saturated heterocycles. The fourth-order valence-electron chi connectivity index (χ4n) is 4.06. The highest BCUT2D eigenvalue weighted by Gasteiger charge is 2.43. The number of fused-ring (bicyclic) bond motifs is 1. The molecule has 1 unspecified atom stereocenters. The van der Waals surface area contributed by atoms with Gasteiger partial charge in [0.05, 0.1) is 18.7 Å². The van der Waals surface area contributed by atoms with E-state index in [0.717, 1.165) is 20.2 Å². The molecular weight excluding hydrogens is 430 g/mol. The maximum atomic E-state index is 13.8. The molecule has 0 N–H and O–H groups in total. The van der Waals surface area contributed by atoms with Crippen LogP contribution in [0.2, 0.25) is 0 Å². The van der Waals surface area contributed by atoms with Crippen LogP contribution in [0.4, 0.5) is 26.3 Å². The van der Waals surface area contributed by atoms with Crippen molar-refractivity contribution in [2.75, 3.05) is 13.1 Å². The number of likely N-dealkylation sites (tertiary alicyclic amines) is 1. The first-order valence-corrected chi connectivity index (χ1v) is 9.67. The van der Waals surface area contributed by atoms with E-state index in [1.54, 1.807) is 0 Å². The fourth-order valence-corrected chi connectivity index (χ4v) is 4.06. The quantitative estimate of drug-likeness (QED) is 0.679. The Kier molecular flexibility index (Phi) is 5.13. The predicted octanol–water partition coefficient (Wildman–Crippen LogP) is 3.00. The SMILES string of the molecule is O=C(C1CCCc2nn(Cc3ccc(C(F)(F)F)c(F)c3)c(=O)n21)N1CCC(F)(F)C1. The minimum atomic E-state index is -4.84. The Balaban J connectivity index is 1.60. The van der Waals surface area contributed by atoms with Crippen molar-refractivity contribution in [3.8, 4) is 0 Å². The molecular formula is C19H18F6N4O2. The van der Waals surface area contributed by atoms with E-state index >= 15 is 0 Å². The molecule has 2 aliphatic rings. The number of rotatable bonds is 3. The van der Waals surface area contributed by atoms with Crippen LogP contribution in [-0.2, 0) is 23.9 Å². The van der Waals surface area contributed by atoms with Crippen LogP contribution in [0.5, 0.6) is 0 Å². The number of halogens is 6. The van der Waals surface area contributed by atoms with Crippen LogP contribution < -0.4 is 5.69 Å². The highest BCUT2D eigenvalue weighted by atomic mass is 19.4. The smallest absolute Gasteiger partial charge is 0.335 e. The average molecular weight is 448 g/mol. The number of amides is 1. The first-order valence-electron chi connectivity index (χ1n) is 9.67. The number of carbonyl (C=O) groups is 1. The second kappa shape index (κ2) is 7.41. The van der Waals surface area contributed by atoms with Crippen molar-refractivity contribution in [2.45, 2.75) is 50.4 Å².